The molecule has 0 saturated heterocycles. The van der Waals surface area contributed by atoms with Crippen LogP contribution in [0.4, 0.5) is 5.69 Å². The van der Waals surface area contributed by atoms with Gasteiger partial charge >= 0.3 is 0 Å². The number of pyridine rings is 1. The van der Waals surface area contributed by atoms with Gasteiger partial charge in [0.1, 0.15) is 5.69 Å². The van der Waals surface area contributed by atoms with Gasteiger partial charge in [0.05, 0.1) is 16.3 Å². The van der Waals surface area contributed by atoms with E-state index in [1.807, 2.05) is 32.0 Å². The van der Waals surface area contributed by atoms with Crippen LogP contribution >= 0.6 is 0 Å². The minimum atomic E-state index is -0.363. The first-order chi connectivity index (χ1) is 14.0. The van der Waals surface area contributed by atoms with Crippen molar-refractivity contribution in [2.24, 2.45) is 0 Å². The predicted molar refractivity (Wildman–Crippen MR) is 111 cm³/mol. The second-order valence-electron chi connectivity index (χ2n) is 7.28. The third kappa shape index (κ3) is 3.82. The first-order valence-corrected chi connectivity index (χ1v) is 9.66. The fourth-order valence-corrected chi connectivity index (χ4v) is 4.03. The molecule has 3 aromatic rings. The highest BCUT2D eigenvalue weighted by Gasteiger charge is 2.27. The summed E-state index contributed by atoms with van der Waals surface area (Å²) < 4.78 is 1.70. The molecule has 1 aliphatic carbocycles. The third-order valence-corrected chi connectivity index (χ3v) is 5.38. The zero-order valence-electron chi connectivity index (χ0n) is 16.4. The molecular weight excluding hydrogens is 366 g/mol. The summed E-state index contributed by atoms with van der Waals surface area (Å²) >= 11 is 0. The molecule has 7 heteroatoms. The van der Waals surface area contributed by atoms with Gasteiger partial charge in [-0.25, -0.2) is 4.68 Å². The van der Waals surface area contributed by atoms with Crippen molar-refractivity contribution in [3.63, 3.8) is 0 Å². The van der Waals surface area contributed by atoms with E-state index in [0.29, 0.717) is 5.69 Å². The number of benzene rings is 1. The average molecular weight is 389 g/mol. The number of para-hydroxylation sites is 2. The van der Waals surface area contributed by atoms with E-state index in [9.17, 15) is 10.1 Å². The molecule has 1 N–H and O–H groups in total. The summed E-state index contributed by atoms with van der Waals surface area (Å²) in [6.07, 6.45) is 7.12. The molecule has 148 valence electrons. The van der Waals surface area contributed by atoms with E-state index >= 15 is 0 Å². The molecule has 2 heterocycles. The lowest BCUT2D eigenvalue weighted by Gasteiger charge is -2.14. The van der Waals surface area contributed by atoms with Crippen molar-refractivity contribution in [1.29, 1.82) is 0 Å². The molecule has 1 aliphatic rings. The number of nitrogens with one attached hydrogen (secondary N) is 1. The van der Waals surface area contributed by atoms with Crippen LogP contribution < -0.4 is 5.32 Å². The number of nitro benzene ring substituents is 1. The molecule has 0 radical (unpaired) electrons. The van der Waals surface area contributed by atoms with Gasteiger partial charge in [-0.2, -0.15) is 5.10 Å². The molecule has 1 aromatic carbocycles. The monoisotopic (exact) mass is 389 g/mol. The standard InChI is InChI=1S/C22H23N5O2/c1-15-22(16(2)26(25-15)20-8-3-4-9-21(20)27(28)29)17-10-11-18(13-17)24-14-19-7-5-6-12-23-19/h3-12,17-18,24H,13-14H2,1-2H3/t17-,18-/m1/s1. The minimum absolute atomic E-state index is 0.0570. The van der Waals surface area contributed by atoms with Gasteiger partial charge in [-0.15, -0.1) is 0 Å². The van der Waals surface area contributed by atoms with Gasteiger partial charge in [-0.3, -0.25) is 15.1 Å². The smallest absolute Gasteiger partial charge is 0.294 e. The summed E-state index contributed by atoms with van der Waals surface area (Å²) in [5, 5.41) is 19.6. The van der Waals surface area contributed by atoms with E-state index in [1.54, 1.807) is 29.1 Å². The Bertz CT molecular complexity index is 1060. The molecule has 0 saturated carbocycles. The topological polar surface area (TPSA) is 85.9 Å². The molecule has 2 aromatic heterocycles. The number of nitro groups is 1. The fraction of sp³-hybridized carbons (Fsp3) is 0.273. The zero-order chi connectivity index (χ0) is 20.4. The van der Waals surface area contributed by atoms with Gasteiger partial charge in [0, 0.05) is 42.0 Å². The molecule has 2 atom stereocenters. The van der Waals surface area contributed by atoms with E-state index < -0.39 is 0 Å². The van der Waals surface area contributed by atoms with Gasteiger partial charge < -0.3 is 5.32 Å². The van der Waals surface area contributed by atoms with Crippen LogP contribution in [0.5, 0.6) is 0 Å². The fourth-order valence-electron chi connectivity index (χ4n) is 4.03. The maximum atomic E-state index is 11.4. The zero-order valence-corrected chi connectivity index (χ0v) is 16.4. The molecule has 0 fully saturated rings. The second-order valence-corrected chi connectivity index (χ2v) is 7.28. The van der Waals surface area contributed by atoms with E-state index in [0.717, 1.165) is 35.6 Å². The Morgan fingerprint density at radius 2 is 1.97 bits per heavy atom. The first-order valence-electron chi connectivity index (χ1n) is 9.66. The molecule has 0 spiro atoms. The number of aryl methyl sites for hydroxylation is 1. The molecule has 0 amide bonds. The van der Waals surface area contributed by atoms with Crippen LogP contribution in [-0.2, 0) is 6.54 Å². The van der Waals surface area contributed by atoms with Crippen molar-refractivity contribution in [3.05, 3.63) is 93.6 Å². The maximum Gasteiger partial charge on any atom is 0.294 e. The van der Waals surface area contributed by atoms with Crippen molar-refractivity contribution in [2.45, 2.75) is 38.8 Å². The molecule has 29 heavy (non-hydrogen) atoms. The van der Waals surface area contributed by atoms with Crippen molar-refractivity contribution in [2.75, 3.05) is 0 Å². The van der Waals surface area contributed by atoms with Gasteiger partial charge in [-0.05, 0) is 38.5 Å². The Labute approximate surface area is 169 Å². The molecule has 0 aliphatic heterocycles. The van der Waals surface area contributed by atoms with Crippen molar-refractivity contribution in [1.82, 2.24) is 20.1 Å². The summed E-state index contributed by atoms with van der Waals surface area (Å²) in [6, 6.07) is 12.9. The van der Waals surface area contributed by atoms with Crippen LogP contribution in [0.3, 0.4) is 0 Å². The van der Waals surface area contributed by atoms with Crippen LogP contribution in [0.15, 0.2) is 60.8 Å². The summed E-state index contributed by atoms with van der Waals surface area (Å²) in [5.74, 6) is 0.229. The lowest BCUT2D eigenvalue weighted by Crippen LogP contribution is -2.25. The third-order valence-electron chi connectivity index (χ3n) is 5.38. The summed E-state index contributed by atoms with van der Waals surface area (Å²) in [6.45, 7) is 4.67. The average Bonchev–Trinajstić information content (AvgIpc) is 3.30. The molecule has 4 rings (SSSR count). The van der Waals surface area contributed by atoms with Crippen LogP contribution in [-0.4, -0.2) is 25.7 Å². The molecular formula is C22H23N5O2. The quantitative estimate of drug-likeness (QED) is 0.391. The van der Waals surface area contributed by atoms with Gasteiger partial charge in [0.2, 0.25) is 0 Å². The van der Waals surface area contributed by atoms with E-state index in [2.05, 4.69) is 27.6 Å². The van der Waals surface area contributed by atoms with E-state index in [-0.39, 0.29) is 22.6 Å². The van der Waals surface area contributed by atoms with E-state index in [1.165, 1.54) is 6.07 Å². The Balaban J connectivity index is 1.54. The van der Waals surface area contributed by atoms with Crippen LogP contribution in [0.1, 0.15) is 35.0 Å². The highest BCUT2D eigenvalue weighted by molar-refractivity contribution is 5.53. The van der Waals surface area contributed by atoms with Gasteiger partial charge in [0.25, 0.3) is 5.69 Å². The van der Waals surface area contributed by atoms with Crippen molar-refractivity contribution < 1.29 is 4.92 Å². The number of hydrogen-bond acceptors (Lipinski definition) is 5. The Morgan fingerprint density at radius 1 is 1.17 bits per heavy atom. The Hall–Kier alpha value is -3.32. The number of allylic oxidation sites excluding steroid dienone is 1. The highest BCUT2D eigenvalue weighted by atomic mass is 16.6. The van der Waals surface area contributed by atoms with Gasteiger partial charge in [-0.1, -0.05) is 30.4 Å². The Morgan fingerprint density at radius 3 is 2.72 bits per heavy atom. The van der Waals surface area contributed by atoms with Crippen molar-refractivity contribution >= 4 is 5.69 Å². The SMILES string of the molecule is Cc1nn(-c2ccccc2[N+](=O)[O-])c(C)c1[C@@H]1C=C[C@@H](NCc2ccccn2)C1. The van der Waals surface area contributed by atoms with Crippen LogP contribution in [0, 0.1) is 24.0 Å². The minimum Gasteiger partial charge on any atom is -0.305 e. The normalized spacial score (nSPS) is 18.3. The lowest BCUT2D eigenvalue weighted by molar-refractivity contribution is -0.384. The number of rotatable bonds is 6. The predicted octanol–water partition coefficient (Wildman–Crippen LogP) is 3.99. The van der Waals surface area contributed by atoms with Gasteiger partial charge in [0.15, 0.2) is 0 Å². The molecule has 0 bridgehead atoms. The van der Waals surface area contributed by atoms with E-state index in [4.69, 9.17) is 0 Å². The van der Waals surface area contributed by atoms with Crippen LogP contribution in [0.25, 0.3) is 5.69 Å². The second kappa shape index (κ2) is 7.97. The lowest BCUT2D eigenvalue weighted by atomic mass is 9.96. The number of hydrogen-bond donors (Lipinski definition) is 1. The summed E-state index contributed by atoms with van der Waals surface area (Å²) in [7, 11) is 0. The first kappa shape index (κ1) is 19.0. The number of nitrogens with zero attached hydrogens (tertiary/aromatic N) is 4. The molecule has 0 unspecified atom stereocenters. The largest absolute Gasteiger partial charge is 0.305 e. The summed E-state index contributed by atoms with van der Waals surface area (Å²) in [5.41, 5.74) is 4.55. The van der Waals surface area contributed by atoms with Crippen molar-refractivity contribution in [3.8, 4) is 5.69 Å². The van der Waals surface area contributed by atoms with Crippen LogP contribution in [0.2, 0.25) is 0 Å². The maximum absolute atomic E-state index is 11.4. The molecule has 7 nitrogen and oxygen atoms in total. The summed E-state index contributed by atoms with van der Waals surface area (Å²) in [4.78, 5) is 15.4. The highest BCUT2D eigenvalue weighted by Crippen LogP contribution is 2.35. The Kier molecular flexibility index (Phi) is 5.22. The number of aromatic nitrogens is 3.